The van der Waals surface area contributed by atoms with Crippen LogP contribution in [0.25, 0.3) is 54.2 Å². The summed E-state index contributed by atoms with van der Waals surface area (Å²) < 4.78 is 0. The third-order valence-electron chi connectivity index (χ3n) is 9.86. The van der Waals surface area contributed by atoms with Gasteiger partial charge >= 0.3 is 0 Å². The van der Waals surface area contributed by atoms with Crippen molar-refractivity contribution >= 4 is 54.7 Å². The van der Waals surface area contributed by atoms with E-state index in [1.165, 1.54) is 0 Å². The smallest absolute Gasteiger partial charge is 0.197 e. The lowest BCUT2D eigenvalue weighted by atomic mass is 9.85. The summed E-state index contributed by atoms with van der Waals surface area (Å²) in [6, 6.07) is 30.7. The Morgan fingerprint density at radius 3 is 1.15 bits per heavy atom. The van der Waals surface area contributed by atoms with E-state index in [1.807, 2.05) is 48.5 Å². The second-order valence-electron chi connectivity index (χ2n) is 13.0. The molecule has 0 aliphatic heterocycles. The normalized spacial score (nSPS) is 11.5. The van der Waals surface area contributed by atoms with Crippen LogP contribution in [0.2, 0.25) is 0 Å². The van der Waals surface area contributed by atoms with Crippen LogP contribution in [0.5, 0.6) is 34.5 Å². The molecule has 0 radical (unpaired) electrons. The predicted molar refractivity (Wildman–Crippen MR) is 201 cm³/mol. The first kappa shape index (κ1) is 32.2. The SMILES string of the molecule is Cc1cc2c(C(=O)c3ccc4ccccc4c3)c(O)c(O)cc2c(O)c1-c1c(C)cc2c(C(=O)c3ccc4ccccc4c3)c(O)c(O)cc2c1O. The molecule has 8 heteroatoms. The van der Waals surface area contributed by atoms with Crippen LogP contribution < -0.4 is 0 Å². The standard InChI is InChI=1S/C44H30O8/c1-21-15-29-31(19-33(45)43(51)37(29)39(47)27-13-11-23-7-3-5-9-25(23)17-27)41(49)35(21)36-22(2)16-30-32(42(36)50)20-34(46)44(52)38(30)40(48)28-14-12-24-8-4-6-10-26(24)18-28/h3-20,45-46,49-52H,1-2H3. The highest BCUT2D eigenvalue weighted by Crippen LogP contribution is 2.51. The second-order valence-corrected chi connectivity index (χ2v) is 13.0. The fraction of sp³-hybridized carbons (Fsp3) is 0.0455. The Morgan fingerprint density at radius 2 is 0.769 bits per heavy atom. The predicted octanol–water partition coefficient (Wildman–Crippen LogP) is 9.28. The van der Waals surface area contributed by atoms with Gasteiger partial charge in [-0.15, -0.1) is 0 Å². The molecule has 0 unspecified atom stereocenters. The van der Waals surface area contributed by atoms with Crippen LogP contribution in [-0.4, -0.2) is 42.2 Å². The van der Waals surface area contributed by atoms with Crippen LogP contribution in [-0.2, 0) is 0 Å². The number of carbonyl (C=O) groups is 2. The van der Waals surface area contributed by atoms with Crippen LogP contribution in [0.15, 0.2) is 109 Å². The van der Waals surface area contributed by atoms with Gasteiger partial charge in [0.05, 0.1) is 11.1 Å². The molecule has 52 heavy (non-hydrogen) atoms. The van der Waals surface area contributed by atoms with E-state index in [0.717, 1.165) is 33.7 Å². The molecule has 0 saturated carbocycles. The highest BCUT2D eigenvalue weighted by Gasteiger charge is 2.28. The minimum atomic E-state index is -0.638. The molecule has 0 amide bonds. The molecule has 8 nitrogen and oxygen atoms in total. The first-order chi connectivity index (χ1) is 24.9. The number of phenols is 6. The number of phenolic OH excluding ortho intramolecular Hbond substituents is 6. The molecular formula is C44H30O8. The van der Waals surface area contributed by atoms with E-state index < -0.39 is 34.6 Å². The van der Waals surface area contributed by atoms with E-state index in [-0.39, 0.29) is 66.4 Å². The number of hydrogen-bond donors (Lipinski definition) is 6. The van der Waals surface area contributed by atoms with Gasteiger partial charge in [0.2, 0.25) is 0 Å². The van der Waals surface area contributed by atoms with Gasteiger partial charge in [0.15, 0.2) is 34.6 Å². The number of hydrogen-bond acceptors (Lipinski definition) is 8. The van der Waals surface area contributed by atoms with Gasteiger partial charge < -0.3 is 30.6 Å². The van der Waals surface area contributed by atoms with Crippen molar-refractivity contribution in [1.82, 2.24) is 0 Å². The molecule has 0 bridgehead atoms. The summed E-state index contributed by atoms with van der Waals surface area (Å²) in [6.07, 6.45) is 0. The minimum Gasteiger partial charge on any atom is -0.507 e. The number of aryl methyl sites for hydroxylation is 2. The number of aromatic hydroxyl groups is 6. The van der Waals surface area contributed by atoms with Crippen molar-refractivity contribution in [3.05, 3.63) is 143 Å². The molecule has 0 heterocycles. The number of ketones is 2. The summed E-state index contributed by atoms with van der Waals surface area (Å²) in [4.78, 5) is 27.9. The molecule has 0 aliphatic rings. The average Bonchev–Trinajstić information content (AvgIpc) is 3.14. The third kappa shape index (κ3) is 4.84. The number of benzene rings is 8. The summed E-state index contributed by atoms with van der Waals surface area (Å²) in [7, 11) is 0. The van der Waals surface area contributed by atoms with Crippen molar-refractivity contribution in [2.75, 3.05) is 0 Å². The molecule has 254 valence electrons. The lowest BCUT2D eigenvalue weighted by Crippen LogP contribution is -2.05. The Labute approximate surface area is 296 Å². The molecule has 0 fully saturated rings. The van der Waals surface area contributed by atoms with E-state index in [0.29, 0.717) is 11.1 Å². The summed E-state index contributed by atoms with van der Waals surface area (Å²) >= 11 is 0. The zero-order chi connectivity index (χ0) is 36.6. The van der Waals surface area contributed by atoms with E-state index in [4.69, 9.17) is 0 Å². The van der Waals surface area contributed by atoms with Crippen molar-refractivity contribution in [3.8, 4) is 45.6 Å². The Hall–Kier alpha value is -7.06. The van der Waals surface area contributed by atoms with Gasteiger partial charge in [-0.1, -0.05) is 72.8 Å². The number of rotatable bonds is 5. The molecule has 0 aliphatic carbocycles. The maximum atomic E-state index is 14.0. The van der Waals surface area contributed by atoms with E-state index in [2.05, 4.69) is 0 Å². The van der Waals surface area contributed by atoms with Crippen LogP contribution in [0.1, 0.15) is 43.0 Å². The summed E-state index contributed by atoms with van der Waals surface area (Å²) in [5.41, 5.74) is 1.28. The van der Waals surface area contributed by atoms with E-state index in [1.54, 1.807) is 62.4 Å². The molecule has 8 rings (SSSR count). The van der Waals surface area contributed by atoms with E-state index in [9.17, 15) is 40.2 Å². The monoisotopic (exact) mass is 686 g/mol. The highest BCUT2D eigenvalue weighted by atomic mass is 16.3. The first-order valence-corrected chi connectivity index (χ1v) is 16.4. The number of fused-ring (bicyclic) bond motifs is 4. The lowest BCUT2D eigenvalue weighted by molar-refractivity contribution is 0.102. The molecule has 0 aromatic heterocycles. The van der Waals surface area contributed by atoms with Crippen molar-refractivity contribution in [2.45, 2.75) is 13.8 Å². The van der Waals surface area contributed by atoms with Crippen LogP contribution in [0.3, 0.4) is 0 Å². The molecular weight excluding hydrogens is 656 g/mol. The zero-order valence-electron chi connectivity index (χ0n) is 27.9. The van der Waals surface area contributed by atoms with Crippen LogP contribution in [0, 0.1) is 13.8 Å². The van der Waals surface area contributed by atoms with Crippen LogP contribution >= 0.6 is 0 Å². The summed E-state index contributed by atoms with van der Waals surface area (Å²) in [5, 5.41) is 71.2. The topological polar surface area (TPSA) is 156 Å². The van der Waals surface area contributed by atoms with Crippen molar-refractivity contribution in [3.63, 3.8) is 0 Å². The molecule has 6 N–H and O–H groups in total. The Bertz CT molecular complexity index is 2670. The quantitative estimate of drug-likeness (QED) is 0.0773. The van der Waals surface area contributed by atoms with Gasteiger partial charge in [0.1, 0.15) is 11.5 Å². The fourth-order valence-corrected chi connectivity index (χ4v) is 7.30. The largest absolute Gasteiger partial charge is 0.507 e. The molecule has 0 spiro atoms. The maximum Gasteiger partial charge on any atom is 0.197 e. The van der Waals surface area contributed by atoms with Gasteiger partial charge in [-0.05, 0) is 82.9 Å². The van der Waals surface area contributed by atoms with Gasteiger partial charge in [-0.2, -0.15) is 0 Å². The second kappa shape index (κ2) is 11.8. The van der Waals surface area contributed by atoms with Gasteiger partial charge in [0, 0.05) is 43.8 Å². The zero-order valence-corrected chi connectivity index (χ0v) is 27.9. The van der Waals surface area contributed by atoms with Crippen LogP contribution in [0.4, 0.5) is 0 Å². The molecule has 8 aromatic rings. The summed E-state index contributed by atoms with van der Waals surface area (Å²) in [5.74, 6) is -4.44. The highest BCUT2D eigenvalue weighted by molar-refractivity contribution is 6.23. The first-order valence-electron chi connectivity index (χ1n) is 16.4. The molecule has 8 aromatic carbocycles. The molecule has 0 atom stereocenters. The lowest BCUT2D eigenvalue weighted by Gasteiger charge is -2.20. The van der Waals surface area contributed by atoms with Crippen molar-refractivity contribution in [1.29, 1.82) is 0 Å². The van der Waals surface area contributed by atoms with E-state index >= 15 is 0 Å². The number of carbonyl (C=O) groups excluding carboxylic acids is 2. The average molecular weight is 687 g/mol. The Balaban J connectivity index is 1.32. The Morgan fingerprint density at radius 1 is 0.404 bits per heavy atom. The van der Waals surface area contributed by atoms with Crippen molar-refractivity contribution < 1.29 is 40.2 Å². The van der Waals surface area contributed by atoms with Gasteiger partial charge in [-0.25, -0.2) is 0 Å². The minimum absolute atomic E-state index is 0.0414. The third-order valence-corrected chi connectivity index (χ3v) is 9.86. The van der Waals surface area contributed by atoms with Crippen molar-refractivity contribution in [2.24, 2.45) is 0 Å². The van der Waals surface area contributed by atoms with Gasteiger partial charge in [-0.3, -0.25) is 9.59 Å². The summed E-state index contributed by atoms with van der Waals surface area (Å²) in [6.45, 7) is 3.32. The molecule has 0 saturated heterocycles. The maximum absolute atomic E-state index is 14.0. The fourth-order valence-electron chi connectivity index (χ4n) is 7.30. The Kier molecular flexibility index (Phi) is 7.28. The van der Waals surface area contributed by atoms with Gasteiger partial charge in [0.25, 0.3) is 0 Å².